The third kappa shape index (κ3) is 27.0. The van der Waals surface area contributed by atoms with E-state index in [1.165, 1.54) is 0 Å². The van der Waals surface area contributed by atoms with Crippen LogP contribution < -0.4 is 0 Å². The maximum atomic E-state index is 0. The van der Waals surface area contributed by atoms with Crippen molar-refractivity contribution in [1.82, 2.24) is 0 Å². The Morgan fingerprint density at radius 2 is 1.00 bits per heavy atom. The Hall–Kier alpha value is 3.20. The first-order valence-corrected chi connectivity index (χ1v) is 0. The zero-order valence-electron chi connectivity index (χ0n) is 1.99. The van der Waals surface area contributed by atoms with E-state index in [1.54, 1.807) is 0 Å². The summed E-state index contributed by atoms with van der Waals surface area (Å²) in [5, 5.41) is 0. The van der Waals surface area contributed by atoms with Crippen LogP contribution in [-0.2, 0) is 94.5 Å². The first kappa shape index (κ1) is 60.3. The van der Waals surface area contributed by atoms with Gasteiger partial charge in [-0.1, -0.05) is 0 Å². The monoisotopic (exact) mass is 475 g/mol. The van der Waals surface area contributed by atoms with E-state index in [0.717, 1.165) is 0 Å². The Kier molecular flexibility index (Phi) is 417. The average Bonchev–Trinajstić information content (AvgIpc) is 0. The molecule has 0 N–H and O–H groups in total. The second kappa shape index (κ2) is 41.5. The van der Waals surface area contributed by atoms with Crippen molar-refractivity contribution in [3.05, 3.63) is 0 Å². The van der Waals surface area contributed by atoms with Gasteiger partial charge in [0.05, 0.1) is 0 Å². The molecule has 0 bridgehead atoms. The summed E-state index contributed by atoms with van der Waals surface area (Å²) in [6.45, 7) is 0. The number of rotatable bonds is 0. The second-order valence-corrected chi connectivity index (χ2v) is 0. The van der Waals surface area contributed by atoms with Crippen LogP contribution in [-0.4, -0.2) is 11.0 Å². The molecule has 1 radical (unpaired) electrons. The third-order valence-electron chi connectivity index (χ3n) is 0. The molecule has 0 amide bonds. The summed E-state index contributed by atoms with van der Waals surface area (Å²) in [4.78, 5) is 0. The maximum Gasteiger partial charge on any atom is 0 e. The van der Waals surface area contributed by atoms with Crippen molar-refractivity contribution >= 4 is 11.0 Å². The molecule has 0 unspecified atom stereocenters. The van der Waals surface area contributed by atoms with Crippen LogP contribution in [0, 0.1) is 0 Å². The van der Waals surface area contributed by atoms with Crippen LogP contribution in [0.25, 0.3) is 0 Å². The van der Waals surface area contributed by atoms with Gasteiger partial charge in [-0.3, -0.25) is 0 Å². The molecule has 0 atom stereocenters. The first-order chi connectivity index (χ1) is 0. The van der Waals surface area contributed by atoms with Gasteiger partial charge in [-0.25, -0.2) is 0 Å². The van der Waals surface area contributed by atoms with Crippen molar-refractivity contribution in [3.63, 3.8) is 0 Å². The van der Waals surface area contributed by atoms with Crippen molar-refractivity contribution < 1.29 is 94.5 Å². The smallest absolute Gasteiger partial charge is 0 e. The van der Waals surface area contributed by atoms with Crippen LogP contribution >= 0.6 is 0 Å². The molecule has 0 aliphatic carbocycles. The largest absolute Gasteiger partial charge is 0.0149 e. The molecule has 0 heterocycles. The van der Waals surface area contributed by atoms with Crippen LogP contribution in [0.5, 0.6) is 0 Å². The van der Waals surface area contributed by atoms with Gasteiger partial charge in [0.15, 0.2) is 0 Å². The Morgan fingerprint density at radius 1 is 1.00 bits per heavy atom. The molecule has 0 aromatic rings. The zero-order valence-corrected chi connectivity index (χ0v) is 10.6. The third-order valence-corrected chi connectivity index (χ3v) is 0. The summed E-state index contributed by atoms with van der Waals surface area (Å²) < 4.78 is 0. The van der Waals surface area contributed by atoms with E-state index >= 15 is 0 Å². The normalized spacial score (nSPS) is 0. The van der Waals surface area contributed by atoms with E-state index < -0.39 is 0 Å². The van der Waals surface area contributed by atoms with Crippen molar-refractivity contribution in [2.24, 2.45) is 0 Å². The van der Waals surface area contributed by atoms with E-state index in [0.29, 0.717) is 0 Å². The van der Waals surface area contributed by atoms with Gasteiger partial charge in [-0.15, -0.1) is 0 Å². The molecule has 0 spiro atoms. The van der Waals surface area contributed by atoms with Gasteiger partial charge in [0.2, 0.25) is 0 Å². The molecule has 0 aliphatic rings. The predicted molar refractivity (Wildman–Crippen MR) is 11.3 cm³/mol. The van der Waals surface area contributed by atoms with Crippen LogP contribution in [0.1, 0.15) is 0 Å². The van der Waals surface area contributed by atoms with E-state index in [4.69, 9.17) is 0 Å². The molecule has 0 rings (SSSR count). The molecule has 41 valence electrons. The van der Waals surface area contributed by atoms with Gasteiger partial charge in [-0.05, 0) is 11.0 Å². The Balaban J connectivity index is 0. The molecule has 0 aliphatic heterocycles. The van der Waals surface area contributed by atoms with E-state index in [1.807, 2.05) is 0 Å². The summed E-state index contributed by atoms with van der Waals surface area (Å²) in [7, 11) is 0. The maximum absolute atomic E-state index is 0. The minimum Gasteiger partial charge on any atom is -0.0149 e. The molecule has 0 aromatic heterocycles. The van der Waals surface area contributed by atoms with Gasteiger partial charge < -0.3 is 0 Å². The Labute approximate surface area is 104 Å². The molecule has 0 saturated heterocycles. The van der Waals surface area contributed by atoms with Crippen LogP contribution in [0.3, 0.4) is 0 Å². The molecule has 6 heteroatoms. The minimum absolute atomic E-state index is 0. The summed E-state index contributed by atoms with van der Waals surface area (Å²) in [6.07, 6.45) is 0. The molecular formula is H4CrMoNiSiVW. The first-order valence-electron chi connectivity index (χ1n) is 0. The number of hydrogen-bond acceptors (Lipinski definition) is 0. The van der Waals surface area contributed by atoms with Crippen molar-refractivity contribution in [1.29, 1.82) is 0 Å². The predicted octanol–water partition coefficient (Wildman–Crippen LogP) is -1.46. The van der Waals surface area contributed by atoms with Crippen LogP contribution in [0.4, 0.5) is 0 Å². The SMILES string of the molecule is [Cr].[Mo].[Ni].[SiH4].[V].[W]. The van der Waals surface area contributed by atoms with Gasteiger partial charge in [0, 0.05) is 94.5 Å². The summed E-state index contributed by atoms with van der Waals surface area (Å²) in [5.74, 6) is 0. The van der Waals surface area contributed by atoms with Gasteiger partial charge >= 0.3 is 0 Å². The zero-order chi connectivity index (χ0) is 0. The Bertz CT molecular complexity index is 15.5. The van der Waals surface area contributed by atoms with Crippen molar-refractivity contribution in [2.75, 3.05) is 0 Å². The summed E-state index contributed by atoms with van der Waals surface area (Å²) >= 11 is 0. The Morgan fingerprint density at radius 3 is 1.00 bits per heavy atom. The van der Waals surface area contributed by atoms with Crippen LogP contribution in [0.15, 0.2) is 0 Å². The molecule has 0 nitrogen and oxygen atoms in total. The second-order valence-electron chi connectivity index (χ2n) is 0. The fourth-order valence-electron chi connectivity index (χ4n) is 0. The summed E-state index contributed by atoms with van der Waals surface area (Å²) in [5.41, 5.74) is 0. The summed E-state index contributed by atoms with van der Waals surface area (Å²) in [6, 6.07) is 0. The van der Waals surface area contributed by atoms with Gasteiger partial charge in [0.1, 0.15) is 0 Å². The van der Waals surface area contributed by atoms with Crippen molar-refractivity contribution in [3.8, 4) is 0 Å². The van der Waals surface area contributed by atoms with Gasteiger partial charge in [-0.2, -0.15) is 0 Å². The molecule has 0 saturated carbocycles. The fraction of sp³-hybridized carbons (Fsp3) is 0. The quantitative estimate of drug-likeness (QED) is 0.378. The van der Waals surface area contributed by atoms with Gasteiger partial charge in [0.25, 0.3) is 0 Å². The standard InChI is InChI=1S/Cr.Mo.Ni.H4Si.V.W/h;;;1H4;;. The van der Waals surface area contributed by atoms with Crippen LogP contribution in [0.2, 0.25) is 0 Å². The van der Waals surface area contributed by atoms with Crippen molar-refractivity contribution in [2.45, 2.75) is 0 Å². The molecule has 0 fully saturated rings. The molecular weight excluding hydrogens is 469 g/mol. The molecule has 6 heavy (non-hydrogen) atoms. The van der Waals surface area contributed by atoms with E-state index in [-0.39, 0.29) is 106 Å². The van der Waals surface area contributed by atoms with E-state index in [2.05, 4.69) is 0 Å². The van der Waals surface area contributed by atoms with E-state index in [9.17, 15) is 0 Å². The molecule has 0 aromatic carbocycles. The minimum atomic E-state index is 0. The topological polar surface area (TPSA) is 0 Å². The number of hydrogen-bond donors (Lipinski definition) is 0. The average molecular weight is 474 g/mol. The fourth-order valence-corrected chi connectivity index (χ4v) is 0.